The first-order chi connectivity index (χ1) is 9.33. The first kappa shape index (κ1) is 12.1. The van der Waals surface area contributed by atoms with Gasteiger partial charge in [0.1, 0.15) is 19.1 Å². The van der Waals surface area contributed by atoms with E-state index in [1.54, 1.807) is 6.20 Å². The van der Waals surface area contributed by atoms with Crippen molar-refractivity contribution in [3.05, 3.63) is 30.1 Å². The molecule has 3 rings (SSSR count). The summed E-state index contributed by atoms with van der Waals surface area (Å²) in [5.74, 6) is 1.22. The van der Waals surface area contributed by atoms with Crippen molar-refractivity contribution in [1.82, 2.24) is 4.98 Å². The number of pyridine rings is 1. The minimum atomic E-state index is -0.423. The average Bonchev–Trinajstić information content (AvgIpc) is 2.46. The topological polar surface area (TPSA) is 55.1 Å². The van der Waals surface area contributed by atoms with Crippen LogP contribution in [-0.2, 0) is 0 Å². The van der Waals surface area contributed by atoms with E-state index in [0.29, 0.717) is 24.7 Å². The Kier molecular flexibility index (Phi) is 3.14. The summed E-state index contributed by atoms with van der Waals surface area (Å²) in [6.45, 7) is 1.09. The molecule has 0 N–H and O–H groups in total. The maximum absolute atomic E-state index is 9.15. The molecule has 0 saturated carbocycles. The van der Waals surface area contributed by atoms with Crippen molar-refractivity contribution in [3.63, 3.8) is 0 Å². The molecule has 1 aliphatic rings. The molecule has 2 aromatic rings. The second-order valence-electron chi connectivity index (χ2n) is 4.25. The van der Waals surface area contributed by atoms with Crippen molar-refractivity contribution in [3.8, 4) is 17.6 Å². The van der Waals surface area contributed by atoms with Gasteiger partial charge in [0.2, 0.25) is 0 Å². The van der Waals surface area contributed by atoms with Gasteiger partial charge in [-0.15, -0.1) is 11.6 Å². The number of rotatable bonds is 2. The molecule has 1 aromatic carbocycles. The van der Waals surface area contributed by atoms with Gasteiger partial charge in [0, 0.05) is 17.5 Å². The highest BCUT2D eigenvalue weighted by molar-refractivity contribution is 6.18. The van der Waals surface area contributed by atoms with E-state index >= 15 is 0 Å². The van der Waals surface area contributed by atoms with Gasteiger partial charge in [-0.2, -0.15) is 5.26 Å². The largest absolute Gasteiger partial charge is 0.486 e. The molecule has 1 atom stereocenters. The SMILES string of the molecule is N#CC(CCl)c1nccc2cc3c(cc12)OCCO3. The summed E-state index contributed by atoms with van der Waals surface area (Å²) in [5, 5.41) is 11.0. The quantitative estimate of drug-likeness (QED) is 0.790. The third kappa shape index (κ3) is 2.06. The summed E-state index contributed by atoms with van der Waals surface area (Å²) in [6.07, 6.45) is 1.69. The van der Waals surface area contributed by atoms with Gasteiger partial charge in [-0.3, -0.25) is 4.98 Å². The average molecular weight is 275 g/mol. The number of halogens is 1. The fourth-order valence-corrected chi connectivity index (χ4v) is 2.39. The van der Waals surface area contributed by atoms with Crippen LogP contribution in [0, 0.1) is 11.3 Å². The molecule has 0 spiro atoms. The third-order valence-corrected chi connectivity index (χ3v) is 3.41. The van der Waals surface area contributed by atoms with Crippen LogP contribution < -0.4 is 9.47 Å². The maximum atomic E-state index is 9.15. The summed E-state index contributed by atoms with van der Waals surface area (Å²) in [7, 11) is 0. The fourth-order valence-electron chi connectivity index (χ4n) is 2.18. The lowest BCUT2D eigenvalue weighted by molar-refractivity contribution is 0.172. The van der Waals surface area contributed by atoms with Gasteiger partial charge in [0.15, 0.2) is 11.5 Å². The van der Waals surface area contributed by atoms with Crippen LogP contribution in [0.5, 0.6) is 11.5 Å². The molecule has 0 radical (unpaired) electrons. The number of fused-ring (bicyclic) bond motifs is 2. The molecule has 4 nitrogen and oxygen atoms in total. The lowest BCUT2D eigenvalue weighted by Gasteiger charge is -2.19. The second-order valence-corrected chi connectivity index (χ2v) is 4.56. The first-order valence-electron chi connectivity index (χ1n) is 5.97. The van der Waals surface area contributed by atoms with Crippen LogP contribution in [0.3, 0.4) is 0 Å². The number of alkyl halides is 1. The predicted molar refractivity (Wildman–Crippen MR) is 71.8 cm³/mol. The van der Waals surface area contributed by atoms with Gasteiger partial charge in [-0.1, -0.05) is 0 Å². The van der Waals surface area contributed by atoms with Crippen LogP contribution in [0.25, 0.3) is 10.8 Å². The van der Waals surface area contributed by atoms with Crippen molar-refractivity contribution < 1.29 is 9.47 Å². The zero-order valence-corrected chi connectivity index (χ0v) is 10.9. The van der Waals surface area contributed by atoms with E-state index in [2.05, 4.69) is 11.1 Å². The molecule has 1 unspecified atom stereocenters. The maximum Gasteiger partial charge on any atom is 0.162 e. The van der Waals surface area contributed by atoms with E-state index < -0.39 is 5.92 Å². The van der Waals surface area contributed by atoms with E-state index in [1.165, 1.54) is 0 Å². The highest BCUT2D eigenvalue weighted by Gasteiger charge is 2.18. The first-order valence-corrected chi connectivity index (χ1v) is 6.51. The molecule has 0 bridgehead atoms. The van der Waals surface area contributed by atoms with Crippen LogP contribution in [-0.4, -0.2) is 24.1 Å². The molecule has 2 heterocycles. The molecular weight excluding hydrogens is 264 g/mol. The number of nitrogens with zero attached hydrogens (tertiary/aromatic N) is 2. The molecule has 5 heteroatoms. The normalized spacial score (nSPS) is 14.9. The predicted octanol–water partition coefficient (Wildman–Crippen LogP) is 2.85. The van der Waals surface area contributed by atoms with Gasteiger partial charge in [0.25, 0.3) is 0 Å². The number of hydrogen-bond acceptors (Lipinski definition) is 4. The Morgan fingerprint density at radius 2 is 2.05 bits per heavy atom. The Balaban J connectivity index is 2.22. The van der Waals surface area contributed by atoms with Crippen molar-refractivity contribution in [2.75, 3.05) is 19.1 Å². The molecule has 0 aliphatic carbocycles. The number of aromatic nitrogens is 1. The standard InChI is InChI=1S/C14H11ClN2O2/c15-7-10(8-16)14-11-6-13-12(18-3-4-19-13)5-9(11)1-2-17-14/h1-2,5-6,10H,3-4,7H2. The third-order valence-electron chi connectivity index (χ3n) is 3.10. The van der Waals surface area contributed by atoms with E-state index in [-0.39, 0.29) is 5.88 Å². The van der Waals surface area contributed by atoms with Crippen molar-refractivity contribution in [2.24, 2.45) is 0 Å². The highest BCUT2D eigenvalue weighted by atomic mass is 35.5. The summed E-state index contributed by atoms with van der Waals surface area (Å²) < 4.78 is 11.1. The summed E-state index contributed by atoms with van der Waals surface area (Å²) in [5.41, 5.74) is 0.687. The van der Waals surface area contributed by atoms with Crippen LogP contribution in [0.2, 0.25) is 0 Å². The van der Waals surface area contributed by atoms with Crippen LogP contribution in [0.4, 0.5) is 0 Å². The summed E-state index contributed by atoms with van der Waals surface area (Å²) >= 11 is 5.83. The zero-order chi connectivity index (χ0) is 13.2. The van der Waals surface area contributed by atoms with Gasteiger partial charge in [-0.25, -0.2) is 0 Å². The van der Waals surface area contributed by atoms with Gasteiger partial charge < -0.3 is 9.47 Å². The smallest absolute Gasteiger partial charge is 0.162 e. The molecule has 1 aliphatic heterocycles. The van der Waals surface area contributed by atoms with E-state index in [1.807, 2.05) is 18.2 Å². The number of hydrogen-bond donors (Lipinski definition) is 0. The number of nitriles is 1. The highest BCUT2D eigenvalue weighted by Crippen LogP contribution is 2.36. The molecule has 0 fully saturated rings. The van der Waals surface area contributed by atoms with E-state index in [0.717, 1.165) is 16.5 Å². The lowest BCUT2D eigenvalue weighted by Crippen LogP contribution is -2.15. The van der Waals surface area contributed by atoms with Crippen molar-refractivity contribution in [2.45, 2.75) is 5.92 Å². The monoisotopic (exact) mass is 274 g/mol. The van der Waals surface area contributed by atoms with E-state index in [4.69, 9.17) is 26.3 Å². The lowest BCUT2D eigenvalue weighted by atomic mass is 10.0. The molecule has 96 valence electrons. The molecule has 1 aromatic heterocycles. The minimum Gasteiger partial charge on any atom is -0.486 e. The Hall–Kier alpha value is -1.99. The van der Waals surface area contributed by atoms with Gasteiger partial charge in [-0.05, 0) is 23.6 Å². The van der Waals surface area contributed by atoms with Gasteiger partial charge >= 0.3 is 0 Å². The Morgan fingerprint density at radius 1 is 1.32 bits per heavy atom. The fraction of sp³-hybridized carbons (Fsp3) is 0.286. The molecular formula is C14H11ClN2O2. The minimum absolute atomic E-state index is 0.219. The zero-order valence-electron chi connectivity index (χ0n) is 10.1. The summed E-state index contributed by atoms with van der Waals surface area (Å²) in [4.78, 5) is 4.29. The van der Waals surface area contributed by atoms with Crippen molar-refractivity contribution in [1.29, 1.82) is 5.26 Å². The Labute approximate surface area is 115 Å². The molecule has 0 saturated heterocycles. The summed E-state index contributed by atoms with van der Waals surface area (Å²) in [6, 6.07) is 7.85. The van der Waals surface area contributed by atoms with Crippen molar-refractivity contribution >= 4 is 22.4 Å². The van der Waals surface area contributed by atoms with Gasteiger partial charge in [0.05, 0.1) is 11.8 Å². The van der Waals surface area contributed by atoms with E-state index in [9.17, 15) is 0 Å². The Bertz CT molecular complexity index is 666. The second kappa shape index (κ2) is 4.94. The van der Waals surface area contributed by atoms with Crippen LogP contribution >= 0.6 is 11.6 Å². The van der Waals surface area contributed by atoms with Crippen LogP contribution in [0.15, 0.2) is 24.4 Å². The number of ether oxygens (including phenoxy) is 2. The molecule has 0 amide bonds. The van der Waals surface area contributed by atoms with Crippen LogP contribution in [0.1, 0.15) is 11.6 Å². The Morgan fingerprint density at radius 3 is 2.74 bits per heavy atom. The number of benzene rings is 1. The molecule has 19 heavy (non-hydrogen) atoms.